The minimum absolute atomic E-state index is 0.185. The molecule has 0 radical (unpaired) electrons. The third kappa shape index (κ3) is 4.56. The van der Waals surface area contributed by atoms with Crippen molar-refractivity contribution in [2.24, 2.45) is 0 Å². The summed E-state index contributed by atoms with van der Waals surface area (Å²) in [6.45, 7) is 2.42. The molecule has 2 aromatic carbocycles. The molecule has 1 aliphatic rings. The Bertz CT molecular complexity index is 965. The Kier molecular flexibility index (Phi) is 6.63. The zero-order valence-electron chi connectivity index (χ0n) is 17.4. The third-order valence-electron chi connectivity index (χ3n) is 5.39. The first-order valence-electron chi connectivity index (χ1n) is 9.73. The molecular formula is C22H26FNO7. The monoisotopic (exact) mass is 435 g/mol. The molecule has 1 unspecified atom stereocenters. The van der Waals surface area contributed by atoms with Crippen LogP contribution in [0.15, 0.2) is 36.4 Å². The molecule has 0 aliphatic carbocycles. The van der Waals surface area contributed by atoms with E-state index in [0.29, 0.717) is 22.4 Å². The Hall–Kier alpha value is -2.56. The molecule has 1 aliphatic heterocycles. The number of aliphatic hydroxyl groups excluding tert-OH is 3. The molecule has 5 N–H and O–H groups in total. The highest BCUT2D eigenvalue weighted by Gasteiger charge is 2.53. The van der Waals surface area contributed by atoms with Gasteiger partial charge in [0.2, 0.25) is 6.29 Å². The van der Waals surface area contributed by atoms with Gasteiger partial charge in [0.15, 0.2) is 5.60 Å². The molecule has 1 amide bonds. The van der Waals surface area contributed by atoms with Gasteiger partial charge in [-0.05, 0) is 60.9 Å². The van der Waals surface area contributed by atoms with Gasteiger partial charge in [0.05, 0.1) is 6.61 Å². The van der Waals surface area contributed by atoms with Crippen LogP contribution in [0.4, 0.5) is 4.39 Å². The molecule has 1 fully saturated rings. The predicted octanol–water partition coefficient (Wildman–Crippen LogP) is 0.730. The topological polar surface area (TPSA) is 128 Å². The van der Waals surface area contributed by atoms with Crippen LogP contribution in [-0.4, -0.2) is 70.2 Å². The van der Waals surface area contributed by atoms with Gasteiger partial charge >= 0.3 is 0 Å². The smallest absolute Gasteiger partial charge is 0.251 e. The van der Waals surface area contributed by atoms with Gasteiger partial charge in [0, 0.05) is 12.6 Å². The van der Waals surface area contributed by atoms with Gasteiger partial charge in [0.25, 0.3) is 5.91 Å². The molecule has 9 heteroatoms. The molecule has 31 heavy (non-hydrogen) atoms. The van der Waals surface area contributed by atoms with Gasteiger partial charge in [-0.1, -0.05) is 6.07 Å². The molecule has 1 saturated heterocycles. The highest BCUT2D eigenvalue weighted by molar-refractivity contribution is 5.95. The van der Waals surface area contributed by atoms with Crippen molar-refractivity contribution in [2.45, 2.75) is 44.1 Å². The number of amides is 1. The third-order valence-corrected chi connectivity index (χ3v) is 5.39. The second kappa shape index (κ2) is 8.89. The van der Waals surface area contributed by atoms with Crippen LogP contribution in [-0.2, 0) is 4.74 Å². The Morgan fingerprint density at radius 2 is 1.94 bits per heavy atom. The Morgan fingerprint density at radius 1 is 1.23 bits per heavy atom. The summed E-state index contributed by atoms with van der Waals surface area (Å²) in [4.78, 5) is 11.9. The van der Waals surface area contributed by atoms with Crippen LogP contribution >= 0.6 is 0 Å². The van der Waals surface area contributed by atoms with E-state index in [1.807, 2.05) is 0 Å². The van der Waals surface area contributed by atoms with Crippen molar-refractivity contribution in [3.05, 3.63) is 53.3 Å². The summed E-state index contributed by atoms with van der Waals surface area (Å²) in [5, 5.41) is 42.6. The lowest BCUT2D eigenvalue weighted by molar-refractivity contribution is -0.314. The van der Waals surface area contributed by atoms with E-state index in [4.69, 9.17) is 9.47 Å². The summed E-state index contributed by atoms with van der Waals surface area (Å²) in [7, 11) is 1.46. The first-order chi connectivity index (χ1) is 14.6. The number of hydrogen-bond acceptors (Lipinski definition) is 7. The van der Waals surface area contributed by atoms with Gasteiger partial charge < -0.3 is 35.2 Å². The summed E-state index contributed by atoms with van der Waals surface area (Å²) < 4.78 is 25.2. The minimum atomic E-state index is -1.94. The summed E-state index contributed by atoms with van der Waals surface area (Å²) in [5.74, 6) is -0.645. The number of rotatable bonds is 5. The molecule has 2 aromatic rings. The van der Waals surface area contributed by atoms with Crippen molar-refractivity contribution in [3.63, 3.8) is 0 Å². The van der Waals surface area contributed by atoms with Crippen LogP contribution in [0, 0.1) is 12.7 Å². The van der Waals surface area contributed by atoms with E-state index >= 15 is 0 Å². The lowest BCUT2D eigenvalue weighted by Crippen LogP contribution is -2.66. The van der Waals surface area contributed by atoms with E-state index in [1.54, 1.807) is 31.2 Å². The first-order valence-corrected chi connectivity index (χ1v) is 9.73. The summed E-state index contributed by atoms with van der Waals surface area (Å²) in [5.41, 5.74) is -0.0163. The Balaban J connectivity index is 1.88. The van der Waals surface area contributed by atoms with Crippen LogP contribution in [0.1, 0.15) is 22.8 Å². The Labute approximate surface area is 178 Å². The zero-order valence-corrected chi connectivity index (χ0v) is 17.4. The van der Waals surface area contributed by atoms with Gasteiger partial charge in [0.1, 0.15) is 29.9 Å². The van der Waals surface area contributed by atoms with E-state index in [2.05, 4.69) is 5.32 Å². The fourth-order valence-electron chi connectivity index (χ4n) is 3.47. The lowest BCUT2D eigenvalue weighted by atomic mass is 9.88. The summed E-state index contributed by atoms with van der Waals surface area (Å²) >= 11 is 0. The van der Waals surface area contributed by atoms with Crippen molar-refractivity contribution < 1.29 is 39.1 Å². The number of aryl methyl sites for hydroxylation is 1. The first kappa shape index (κ1) is 23.1. The molecule has 0 bridgehead atoms. The normalized spacial score (nSPS) is 28.3. The highest BCUT2D eigenvalue weighted by atomic mass is 19.1. The van der Waals surface area contributed by atoms with Crippen molar-refractivity contribution >= 4 is 5.91 Å². The molecular weight excluding hydrogens is 409 g/mol. The number of aliphatic hydroxyl groups is 4. The maximum atomic E-state index is 14.0. The van der Waals surface area contributed by atoms with Crippen molar-refractivity contribution in [2.75, 3.05) is 13.7 Å². The van der Waals surface area contributed by atoms with Crippen LogP contribution in [0.25, 0.3) is 11.1 Å². The van der Waals surface area contributed by atoms with Gasteiger partial charge in [-0.25, -0.2) is 4.39 Å². The number of nitrogens with one attached hydrogen (secondary N) is 1. The predicted molar refractivity (Wildman–Crippen MR) is 109 cm³/mol. The average molecular weight is 435 g/mol. The van der Waals surface area contributed by atoms with Crippen LogP contribution in [0.2, 0.25) is 0 Å². The summed E-state index contributed by atoms with van der Waals surface area (Å²) in [6, 6.07) is 8.96. The van der Waals surface area contributed by atoms with Crippen LogP contribution in [0.3, 0.4) is 0 Å². The standard InChI is InChI=1S/C22H26FNO7/c1-11-6-12(13-7-14(20(28)24-3)9-15(23)8-13)4-5-16(11)30-21-22(2,29)19(27)18(26)17(10-25)31-21/h4-9,17-19,21,25-27,29H,10H2,1-3H3,(H,24,28)/t17-,18-,19+,21?,22+/m1/s1. The van der Waals surface area contributed by atoms with E-state index in [1.165, 1.54) is 20.0 Å². The van der Waals surface area contributed by atoms with E-state index in [9.17, 15) is 29.6 Å². The molecule has 5 atom stereocenters. The van der Waals surface area contributed by atoms with Crippen molar-refractivity contribution in [3.8, 4) is 16.9 Å². The molecule has 0 saturated carbocycles. The van der Waals surface area contributed by atoms with E-state index in [0.717, 1.165) is 6.07 Å². The number of carbonyl (C=O) groups excluding carboxylic acids is 1. The van der Waals surface area contributed by atoms with Crippen molar-refractivity contribution in [1.29, 1.82) is 0 Å². The molecule has 168 valence electrons. The molecule has 0 spiro atoms. The quantitative estimate of drug-likeness (QED) is 0.468. The maximum Gasteiger partial charge on any atom is 0.251 e. The number of ether oxygens (including phenoxy) is 2. The second-order valence-electron chi connectivity index (χ2n) is 7.76. The fourth-order valence-corrected chi connectivity index (χ4v) is 3.47. The van der Waals surface area contributed by atoms with Crippen LogP contribution < -0.4 is 10.1 Å². The molecule has 1 heterocycles. The second-order valence-corrected chi connectivity index (χ2v) is 7.76. The van der Waals surface area contributed by atoms with E-state index in [-0.39, 0.29) is 5.56 Å². The SMILES string of the molecule is CNC(=O)c1cc(F)cc(-c2ccc(OC3O[C@H](CO)[C@@H](O)[C@H](O)[C@]3(C)O)c(C)c2)c1. The highest BCUT2D eigenvalue weighted by Crippen LogP contribution is 2.34. The van der Waals surface area contributed by atoms with Crippen molar-refractivity contribution in [1.82, 2.24) is 5.32 Å². The van der Waals surface area contributed by atoms with Gasteiger partial charge in [-0.2, -0.15) is 0 Å². The summed E-state index contributed by atoms with van der Waals surface area (Å²) in [6.07, 6.45) is -5.57. The lowest BCUT2D eigenvalue weighted by Gasteiger charge is -2.45. The molecule has 8 nitrogen and oxygen atoms in total. The minimum Gasteiger partial charge on any atom is -0.461 e. The number of carbonyl (C=O) groups is 1. The number of benzene rings is 2. The van der Waals surface area contributed by atoms with Gasteiger partial charge in [-0.15, -0.1) is 0 Å². The molecule has 0 aromatic heterocycles. The number of hydrogen-bond donors (Lipinski definition) is 5. The largest absolute Gasteiger partial charge is 0.461 e. The van der Waals surface area contributed by atoms with Crippen LogP contribution in [0.5, 0.6) is 5.75 Å². The average Bonchev–Trinajstić information content (AvgIpc) is 2.74. The fraction of sp³-hybridized carbons (Fsp3) is 0.409. The van der Waals surface area contributed by atoms with Gasteiger partial charge in [-0.3, -0.25) is 4.79 Å². The van der Waals surface area contributed by atoms with E-state index < -0.39 is 48.5 Å². The Morgan fingerprint density at radius 3 is 2.55 bits per heavy atom. The zero-order chi connectivity index (χ0) is 22.9. The molecule has 3 rings (SSSR count). The number of halogens is 1. The maximum absolute atomic E-state index is 14.0.